The van der Waals surface area contributed by atoms with E-state index in [-0.39, 0.29) is 50.4 Å². The molecule has 9 atom stereocenters. The molecule has 0 saturated carbocycles. The van der Waals surface area contributed by atoms with E-state index < -0.39 is 157 Å². The average Bonchev–Trinajstić information content (AvgIpc) is 0.859. The lowest BCUT2D eigenvalue weighted by Crippen LogP contribution is -2.61. The van der Waals surface area contributed by atoms with Crippen molar-refractivity contribution in [2.24, 2.45) is 23.7 Å². The van der Waals surface area contributed by atoms with E-state index in [1.807, 2.05) is 34.6 Å². The third-order valence-corrected chi connectivity index (χ3v) is 16.9. The summed E-state index contributed by atoms with van der Waals surface area (Å²) >= 11 is 6.20. The van der Waals surface area contributed by atoms with Crippen LogP contribution in [0.15, 0.2) is 48.5 Å². The first-order valence-electron chi connectivity index (χ1n) is 30.6. The van der Waals surface area contributed by atoms with E-state index in [1.54, 1.807) is 52.0 Å². The standard InChI is InChI=1S/C64H97ClF3N11O11/c1-19-40(8)55-62(89)74(13)35-53(82)72(11)36-54(83)76(15)50(33-44-22-27-46(65)28-23-44)60(87)73(12)34-51(80)70-47(29-24-43-20-25-45(26-21-43)64(66,67)68)59(86)78(17)49(31-38(4)5)61(88)79(18)56(39(6)7)63(90)77(16)48(30-37(2)3)58(85)69-41(9)32-52(81)75(14)42(10)57(84)71-55/h20-23,25-28,37-42,47-50,55-56H,19,24,29-36H2,1-18H3,(H,69,85)(H,70,80)(H,71,84)/t40-,41+,42-,47-,48-,49+,50-,55-,56-/m0/s1. The van der Waals surface area contributed by atoms with Crippen molar-refractivity contribution in [3.05, 3.63) is 70.2 Å². The first-order chi connectivity index (χ1) is 41.7. The van der Waals surface area contributed by atoms with Crippen molar-refractivity contribution in [2.75, 3.05) is 76.0 Å². The largest absolute Gasteiger partial charge is 0.416 e. The summed E-state index contributed by atoms with van der Waals surface area (Å²) in [5.41, 5.74) is 0.0409. The zero-order valence-corrected chi connectivity index (χ0v) is 56.5. The van der Waals surface area contributed by atoms with Crippen LogP contribution in [0.4, 0.5) is 13.2 Å². The Morgan fingerprint density at radius 3 is 1.59 bits per heavy atom. The molecule has 3 N–H and O–H groups in total. The molecule has 22 nitrogen and oxygen atoms in total. The van der Waals surface area contributed by atoms with Crippen LogP contribution in [-0.2, 0) is 71.8 Å². The van der Waals surface area contributed by atoms with E-state index in [1.165, 1.54) is 90.1 Å². The molecule has 1 saturated heterocycles. The number of rotatable bonds is 12. The fourth-order valence-electron chi connectivity index (χ4n) is 10.6. The quantitative estimate of drug-likeness (QED) is 0.262. The first kappa shape index (κ1) is 76.9. The fraction of sp³-hybridized carbons (Fsp3) is 0.641. The number of carbonyl (C=O) groups is 11. The van der Waals surface area contributed by atoms with E-state index >= 15 is 9.59 Å². The number of alkyl halides is 3. The Kier molecular flexibility index (Phi) is 29.2. The molecule has 0 bridgehead atoms. The lowest BCUT2D eigenvalue weighted by Gasteiger charge is -2.40. The Balaban J connectivity index is 2.24. The number of benzene rings is 2. The van der Waals surface area contributed by atoms with Crippen LogP contribution in [0.3, 0.4) is 0 Å². The first-order valence-corrected chi connectivity index (χ1v) is 31.0. The number of halogens is 4. The van der Waals surface area contributed by atoms with Gasteiger partial charge >= 0.3 is 6.18 Å². The molecule has 0 unspecified atom stereocenters. The van der Waals surface area contributed by atoms with Gasteiger partial charge in [-0.15, -0.1) is 0 Å². The highest BCUT2D eigenvalue weighted by Crippen LogP contribution is 2.30. The topological polar surface area (TPSA) is 250 Å². The van der Waals surface area contributed by atoms with Crippen molar-refractivity contribution in [3.63, 3.8) is 0 Å². The second-order valence-corrected chi connectivity index (χ2v) is 25.8. The minimum atomic E-state index is -4.63. The number of amides is 11. The Hall–Kier alpha value is -7.31. The molecule has 26 heteroatoms. The summed E-state index contributed by atoms with van der Waals surface area (Å²) in [5.74, 6) is -8.87. The third kappa shape index (κ3) is 21.7. The monoisotopic (exact) mass is 1290 g/mol. The Bertz CT molecular complexity index is 2840. The molecule has 11 amide bonds. The predicted octanol–water partition coefficient (Wildman–Crippen LogP) is 4.74. The lowest BCUT2D eigenvalue weighted by molar-refractivity contribution is -0.154. The normalized spacial score (nSPS) is 24.1. The van der Waals surface area contributed by atoms with Gasteiger partial charge in [0.2, 0.25) is 65.0 Å². The lowest BCUT2D eigenvalue weighted by atomic mass is 9.95. The zero-order valence-electron chi connectivity index (χ0n) is 55.7. The molecular weight excluding hydrogens is 1190 g/mol. The van der Waals surface area contributed by atoms with E-state index in [0.29, 0.717) is 22.6 Å². The predicted molar refractivity (Wildman–Crippen MR) is 336 cm³/mol. The molecular formula is C64H97ClF3N11O11. The van der Waals surface area contributed by atoms with Crippen LogP contribution < -0.4 is 16.0 Å². The molecule has 0 radical (unpaired) electrons. The van der Waals surface area contributed by atoms with E-state index in [4.69, 9.17) is 11.6 Å². The molecule has 2 aromatic carbocycles. The van der Waals surface area contributed by atoms with Crippen molar-refractivity contribution in [2.45, 2.75) is 169 Å². The molecule has 1 heterocycles. The van der Waals surface area contributed by atoms with Crippen LogP contribution >= 0.6 is 11.6 Å². The molecule has 0 spiro atoms. The second kappa shape index (κ2) is 34.2. The molecule has 1 fully saturated rings. The van der Waals surface area contributed by atoms with Gasteiger partial charge in [0.15, 0.2) is 0 Å². The number of likely N-dealkylation sites (N-methyl/N-ethyl adjacent to an activating group) is 8. The summed E-state index contributed by atoms with van der Waals surface area (Å²) in [4.78, 5) is 168. The van der Waals surface area contributed by atoms with Crippen molar-refractivity contribution in [3.8, 4) is 0 Å². The third-order valence-electron chi connectivity index (χ3n) is 16.7. The molecule has 0 aliphatic carbocycles. The maximum absolute atomic E-state index is 15.1. The van der Waals surface area contributed by atoms with Gasteiger partial charge in [-0.25, -0.2) is 0 Å². The van der Waals surface area contributed by atoms with E-state index in [2.05, 4.69) is 16.0 Å². The van der Waals surface area contributed by atoms with Gasteiger partial charge in [-0.1, -0.05) is 97.7 Å². The van der Waals surface area contributed by atoms with Crippen LogP contribution in [0.2, 0.25) is 5.02 Å². The maximum atomic E-state index is 15.1. The highest BCUT2D eigenvalue weighted by Gasteiger charge is 2.43. The summed E-state index contributed by atoms with van der Waals surface area (Å²) in [5, 5.41) is 8.72. The van der Waals surface area contributed by atoms with Gasteiger partial charge in [-0.3, -0.25) is 52.7 Å². The van der Waals surface area contributed by atoms with E-state index in [9.17, 15) is 56.3 Å². The summed E-state index contributed by atoms with van der Waals surface area (Å²) < 4.78 is 40.9. The van der Waals surface area contributed by atoms with Crippen LogP contribution in [0.5, 0.6) is 0 Å². The van der Waals surface area contributed by atoms with Gasteiger partial charge in [0.05, 0.1) is 25.2 Å². The number of nitrogens with zero attached hydrogens (tertiary/aromatic N) is 8. The number of hydrogen-bond acceptors (Lipinski definition) is 11. The van der Waals surface area contributed by atoms with Crippen molar-refractivity contribution < 1.29 is 65.9 Å². The SMILES string of the molecule is CC[C@H](C)[C@@H]1NC(=O)[C@H](C)N(C)C(=O)C[C@@H](C)NC(=O)[C@H](CC(C)C)N(C)C(=O)[C@H](C(C)C)N(C)C(=O)[C@@H](CC(C)C)N(C)C(=O)[C@H](CCc2ccc(C(F)(F)F)cc2)NC(=O)CN(C)C(=O)[C@H](Cc2ccc(Cl)cc2)N(C)C(=O)CN(C)C(=O)CN(C)C1=O. The number of carbonyl (C=O) groups excluding carboxylic acids is 11. The van der Waals surface area contributed by atoms with Gasteiger partial charge in [-0.2, -0.15) is 13.2 Å². The number of nitrogens with one attached hydrogen (secondary N) is 3. The highest BCUT2D eigenvalue weighted by molar-refractivity contribution is 6.30. The Morgan fingerprint density at radius 2 is 1.06 bits per heavy atom. The summed E-state index contributed by atoms with van der Waals surface area (Å²) in [6.07, 6.45) is -4.59. The van der Waals surface area contributed by atoms with E-state index in [0.717, 1.165) is 36.6 Å². The smallest absolute Gasteiger partial charge is 0.351 e. The Labute approximate surface area is 534 Å². The molecule has 0 aromatic heterocycles. The van der Waals surface area contributed by atoms with Crippen LogP contribution in [0.1, 0.15) is 118 Å². The minimum Gasteiger partial charge on any atom is -0.351 e. The van der Waals surface area contributed by atoms with Gasteiger partial charge < -0.3 is 55.1 Å². The summed E-state index contributed by atoms with van der Waals surface area (Å²) in [6.45, 7) is 15.6. The minimum absolute atomic E-state index is 0.0384. The van der Waals surface area contributed by atoms with Gasteiger partial charge in [0.25, 0.3) is 0 Å². The molecule has 502 valence electrons. The highest BCUT2D eigenvalue weighted by atomic mass is 35.5. The average molecular weight is 1290 g/mol. The molecule has 1 aliphatic heterocycles. The van der Waals surface area contributed by atoms with Gasteiger partial charge in [0, 0.05) is 80.3 Å². The van der Waals surface area contributed by atoms with Gasteiger partial charge in [-0.05, 0) is 98.6 Å². The summed E-state index contributed by atoms with van der Waals surface area (Å²) in [7, 11) is 11.0. The summed E-state index contributed by atoms with van der Waals surface area (Å²) in [6, 6.07) is 1.30. The van der Waals surface area contributed by atoms with Crippen LogP contribution in [0, 0.1) is 23.7 Å². The molecule has 1 aliphatic rings. The van der Waals surface area contributed by atoms with Crippen molar-refractivity contribution in [1.82, 2.24) is 55.1 Å². The molecule has 2 aromatic rings. The zero-order chi connectivity index (χ0) is 68.6. The van der Waals surface area contributed by atoms with Crippen molar-refractivity contribution in [1.29, 1.82) is 0 Å². The second-order valence-electron chi connectivity index (χ2n) is 25.3. The van der Waals surface area contributed by atoms with Crippen molar-refractivity contribution >= 4 is 76.6 Å². The number of aryl methyl sites for hydroxylation is 1. The molecule has 90 heavy (non-hydrogen) atoms. The maximum Gasteiger partial charge on any atom is 0.416 e. The van der Waals surface area contributed by atoms with Gasteiger partial charge in [0.1, 0.15) is 42.3 Å². The van der Waals surface area contributed by atoms with Crippen LogP contribution in [-0.4, -0.2) is 229 Å². The Morgan fingerprint density at radius 1 is 0.533 bits per heavy atom. The molecule has 3 rings (SSSR count). The van der Waals surface area contributed by atoms with Crippen LogP contribution in [0.25, 0.3) is 0 Å². The number of hydrogen-bond donors (Lipinski definition) is 3. The fourth-order valence-corrected chi connectivity index (χ4v) is 10.7.